The molecule has 14 heteroatoms. The fourth-order valence-electron chi connectivity index (χ4n) is 9.83. The van der Waals surface area contributed by atoms with Gasteiger partial charge in [-0.15, -0.1) is 0 Å². The number of carbonyl (C=O) groups is 4. The third kappa shape index (κ3) is 5.94. The number of nitrogens with zero attached hydrogens (tertiary/aromatic N) is 3. The third-order valence-electron chi connectivity index (χ3n) is 12.4. The lowest BCUT2D eigenvalue weighted by molar-refractivity contribution is -0.138. The van der Waals surface area contributed by atoms with Crippen molar-refractivity contribution < 1.29 is 33.8 Å². The van der Waals surface area contributed by atoms with E-state index in [-0.39, 0.29) is 41.1 Å². The minimum absolute atomic E-state index is 0.0817. The van der Waals surface area contributed by atoms with Crippen LogP contribution < -0.4 is 20.0 Å². The van der Waals surface area contributed by atoms with Gasteiger partial charge in [-0.3, -0.25) is 29.5 Å². The van der Waals surface area contributed by atoms with Crippen molar-refractivity contribution in [1.82, 2.24) is 5.01 Å². The van der Waals surface area contributed by atoms with E-state index in [0.717, 1.165) is 29.4 Å². The number of rotatable bonds is 7. The first-order valence-electron chi connectivity index (χ1n) is 18.8. The molecule has 6 atom stereocenters. The minimum Gasteiger partial charge on any atom is -0.508 e. The van der Waals surface area contributed by atoms with Crippen LogP contribution in [0.15, 0.2) is 101 Å². The number of ether oxygens (including phenoxy) is 2. The topological polar surface area (TPSA) is 129 Å². The number of hydrazine groups is 1. The number of imide groups is 2. The Labute approximate surface area is 347 Å². The van der Waals surface area contributed by atoms with Crippen molar-refractivity contribution in [3.8, 4) is 11.5 Å². The first kappa shape index (κ1) is 37.7. The Hall–Kier alpha value is -4.88. The monoisotopic (exact) mass is 870 g/mol. The largest absolute Gasteiger partial charge is 0.508 e. The van der Waals surface area contributed by atoms with E-state index in [9.17, 15) is 14.7 Å². The van der Waals surface area contributed by atoms with Gasteiger partial charge >= 0.3 is 0 Å². The van der Waals surface area contributed by atoms with Crippen LogP contribution in [0.4, 0.5) is 17.1 Å². The summed E-state index contributed by atoms with van der Waals surface area (Å²) in [6.45, 7) is 2.74. The Morgan fingerprint density at radius 2 is 1.58 bits per heavy atom. The summed E-state index contributed by atoms with van der Waals surface area (Å²) >= 11 is 16.3. The van der Waals surface area contributed by atoms with Crippen LogP contribution >= 0.6 is 39.1 Å². The van der Waals surface area contributed by atoms with Gasteiger partial charge in [-0.2, -0.15) is 5.01 Å². The van der Waals surface area contributed by atoms with Crippen molar-refractivity contribution in [3.05, 3.63) is 122 Å². The first-order valence-corrected chi connectivity index (χ1v) is 20.3. The predicted octanol–water partition coefficient (Wildman–Crippen LogP) is 7.50. The maximum atomic E-state index is 15.5. The zero-order valence-electron chi connectivity index (χ0n) is 30.7. The molecule has 9 rings (SSSR count). The molecule has 6 unspecified atom stereocenters. The number of aromatic hydroxyl groups is 1. The van der Waals surface area contributed by atoms with E-state index in [2.05, 4.69) is 26.3 Å². The lowest BCUT2D eigenvalue weighted by atomic mass is 9.49. The van der Waals surface area contributed by atoms with Crippen molar-refractivity contribution >= 4 is 79.8 Å². The van der Waals surface area contributed by atoms with Gasteiger partial charge in [0.2, 0.25) is 11.8 Å². The van der Waals surface area contributed by atoms with Crippen molar-refractivity contribution in [3.63, 3.8) is 0 Å². The van der Waals surface area contributed by atoms with Gasteiger partial charge in [-0.1, -0.05) is 62.9 Å². The second kappa shape index (κ2) is 14.5. The van der Waals surface area contributed by atoms with Crippen LogP contribution in [0.25, 0.3) is 0 Å². The van der Waals surface area contributed by atoms with Crippen LogP contribution in [0, 0.1) is 23.7 Å². The highest BCUT2D eigenvalue weighted by atomic mass is 79.9. The van der Waals surface area contributed by atoms with E-state index in [0.29, 0.717) is 45.3 Å². The lowest BCUT2D eigenvalue weighted by Crippen LogP contribution is -2.53. The van der Waals surface area contributed by atoms with Crippen LogP contribution in [-0.2, 0) is 29.3 Å². The molecule has 4 aromatic carbocycles. The molecule has 11 nitrogen and oxygen atoms in total. The molecule has 4 fully saturated rings. The fraction of sp³-hybridized carbons (Fsp3) is 0.302. The number of morpholine rings is 1. The maximum absolute atomic E-state index is 15.5. The molecule has 1 saturated carbocycles. The van der Waals surface area contributed by atoms with Gasteiger partial charge in [-0.25, -0.2) is 0 Å². The van der Waals surface area contributed by atoms with Gasteiger partial charge in [0, 0.05) is 39.8 Å². The second-order valence-corrected chi connectivity index (χ2v) is 16.8. The number of carbonyl (C=O) groups excluding carboxylic acids is 4. The number of amides is 4. The number of hydrogen-bond acceptors (Lipinski definition) is 9. The Morgan fingerprint density at radius 3 is 2.28 bits per heavy atom. The van der Waals surface area contributed by atoms with E-state index < -0.39 is 46.8 Å². The highest BCUT2D eigenvalue weighted by molar-refractivity contribution is 9.10. The molecule has 292 valence electrons. The van der Waals surface area contributed by atoms with Crippen LogP contribution in [-0.4, -0.2) is 67.2 Å². The van der Waals surface area contributed by atoms with Crippen LogP contribution in [0.2, 0.25) is 10.0 Å². The maximum Gasteiger partial charge on any atom is 0.260 e. The molecule has 3 aliphatic heterocycles. The molecule has 5 aliphatic rings. The van der Waals surface area contributed by atoms with Crippen molar-refractivity contribution in [2.45, 2.75) is 24.2 Å². The number of halogens is 3. The summed E-state index contributed by atoms with van der Waals surface area (Å²) in [5.74, 6) is -5.35. The molecular formula is C43H37BrCl2N4O7. The summed E-state index contributed by atoms with van der Waals surface area (Å²) in [6, 6.07) is 24.1. The molecule has 2 N–H and O–H groups in total. The molecule has 57 heavy (non-hydrogen) atoms. The summed E-state index contributed by atoms with van der Waals surface area (Å²) in [6.07, 6.45) is 2.28. The van der Waals surface area contributed by atoms with Crippen LogP contribution in [0.1, 0.15) is 29.9 Å². The lowest BCUT2D eigenvalue weighted by Gasteiger charge is -2.50. The number of benzene rings is 4. The first-order chi connectivity index (χ1) is 27.5. The molecule has 2 aliphatic carbocycles. The minimum atomic E-state index is -1.61. The second-order valence-electron chi connectivity index (χ2n) is 15.0. The van der Waals surface area contributed by atoms with E-state index in [1.807, 2.05) is 18.2 Å². The number of nitrogens with one attached hydrogen (secondary N) is 1. The number of allylic oxidation sites excluding steroid dienone is 2. The summed E-state index contributed by atoms with van der Waals surface area (Å²) in [5, 5.41) is 13.3. The average Bonchev–Trinajstić information content (AvgIpc) is 3.60. The van der Waals surface area contributed by atoms with Gasteiger partial charge in [0.15, 0.2) is 0 Å². The highest BCUT2D eigenvalue weighted by Gasteiger charge is 2.70. The predicted molar refractivity (Wildman–Crippen MR) is 218 cm³/mol. The molecule has 0 spiro atoms. The van der Waals surface area contributed by atoms with E-state index in [1.165, 1.54) is 11.0 Å². The number of anilines is 3. The van der Waals surface area contributed by atoms with Crippen LogP contribution in [0.5, 0.6) is 11.5 Å². The molecule has 4 aromatic rings. The quantitative estimate of drug-likeness (QED) is 0.143. The number of hydrogen-bond donors (Lipinski definition) is 2. The standard InChI is InChI=1S/C43H37BrCl2N4O7/c1-56-28-10-2-23(3-11-28)43-33(40(53)50(42(43)55)47-35-14-5-25(45)21-34(35)46)22-31-29(38(43)32-20-24(44)4-15-36(32)51)12-13-30-37(31)41(54)49(39(30)52)27-8-6-26(7-9-27)48-16-18-57-19-17-48/h2-12,14-15,20-21,30-31,33,37-38,47,51H,13,16-19,22H2,1H3. The van der Waals surface area contributed by atoms with E-state index in [4.69, 9.17) is 32.7 Å². The summed E-state index contributed by atoms with van der Waals surface area (Å²) in [5.41, 5.74) is 4.78. The fourth-order valence-corrected chi connectivity index (χ4v) is 10.7. The smallest absolute Gasteiger partial charge is 0.260 e. The Kier molecular flexibility index (Phi) is 9.58. The molecule has 3 saturated heterocycles. The summed E-state index contributed by atoms with van der Waals surface area (Å²) < 4.78 is 11.6. The zero-order valence-corrected chi connectivity index (χ0v) is 33.8. The summed E-state index contributed by atoms with van der Waals surface area (Å²) in [4.78, 5) is 63.0. The molecule has 0 radical (unpaired) electrons. The SMILES string of the molecule is COc1ccc(C23C(=O)N(Nc4ccc(Cl)cc4Cl)C(=O)C2CC2C(=CCC4C(=O)N(c5ccc(N6CCOCC6)cc5)C(=O)C42)C3c2cc(Br)ccc2O)cc1. The molecule has 0 aromatic heterocycles. The normalized spacial score (nSPS) is 26.9. The highest BCUT2D eigenvalue weighted by Crippen LogP contribution is 2.65. The number of phenols is 1. The van der Waals surface area contributed by atoms with Gasteiger partial charge in [0.25, 0.3) is 11.8 Å². The Morgan fingerprint density at radius 1 is 0.860 bits per heavy atom. The van der Waals surface area contributed by atoms with Crippen molar-refractivity contribution in [2.75, 3.05) is 48.6 Å². The molecule has 4 amide bonds. The molecular weight excluding hydrogens is 835 g/mol. The van der Waals surface area contributed by atoms with Gasteiger partial charge in [0.05, 0.1) is 59.9 Å². The van der Waals surface area contributed by atoms with Crippen molar-refractivity contribution in [2.24, 2.45) is 23.7 Å². The average molecular weight is 873 g/mol. The van der Waals surface area contributed by atoms with Crippen molar-refractivity contribution in [1.29, 1.82) is 0 Å². The Bertz CT molecular complexity index is 2350. The zero-order chi connectivity index (χ0) is 39.7. The number of phenolic OH excluding ortho intramolecular Hbond substituents is 1. The van der Waals surface area contributed by atoms with Crippen LogP contribution in [0.3, 0.4) is 0 Å². The number of methoxy groups -OCH3 is 1. The molecule has 3 heterocycles. The van der Waals surface area contributed by atoms with Gasteiger partial charge < -0.3 is 19.5 Å². The summed E-state index contributed by atoms with van der Waals surface area (Å²) in [7, 11) is 1.54. The molecule has 0 bridgehead atoms. The van der Waals surface area contributed by atoms with E-state index in [1.54, 1.807) is 73.8 Å². The number of fused-ring (bicyclic) bond motifs is 4. The van der Waals surface area contributed by atoms with E-state index >= 15 is 9.59 Å². The van der Waals surface area contributed by atoms with Gasteiger partial charge in [-0.05, 0) is 97.1 Å². The Balaban J connectivity index is 1.18. The van der Waals surface area contributed by atoms with Gasteiger partial charge in [0.1, 0.15) is 11.5 Å². The third-order valence-corrected chi connectivity index (χ3v) is 13.4.